The van der Waals surface area contributed by atoms with Gasteiger partial charge in [0.15, 0.2) is 0 Å². The van der Waals surface area contributed by atoms with Gasteiger partial charge in [0.05, 0.1) is 12.1 Å². The Hall–Kier alpha value is -1.85. The molecule has 5 atom stereocenters. The largest absolute Gasteiger partial charge is 0.480 e. The molecule has 1 rings (SSSR count). The van der Waals surface area contributed by atoms with E-state index < -0.39 is 54.0 Å². The predicted molar refractivity (Wildman–Crippen MR) is 95.4 cm³/mol. The van der Waals surface area contributed by atoms with Crippen LogP contribution in [-0.2, 0) is 19.2 Å². The minimum Gasteiger partial charge on any atom is -0.480 e. The molecule has 0 radical (unpaired) electrons. The van der Waals surface area contributed by atoms with E-state index in [1.807, 2.05) is 0 Å². The van der Waals surface area contributed by atoms with Crippen LogP contribution in [0.15, 0.2) is 0 Å². The molecule has 10 nitrogen and oxygen atoms in total. The third-order valence-corrected chi connectivity index (χ3v) is 4.54. The zero-order valence-electron chi connectivity index (χ0n) is 14.7. The number of amides is 3. The van der Waals surface area contributed by atoms with Crippen LogP contribution in [0, 0.1) is 0 Å². The number of nitrogens with zero attached hydrogens (tertiary/aromatic N) is 1. The zero-order chi connectivity index (χ0) is 20.0. The van der Waals surface area contributed by atoms with Crippen LogP contribution in [0.5, 0.6) is 0 Å². The molecule has 26 heavy (non-hydrogen) atoms. The summed E-state index contributed by atoms with van der Waals surface area (Å²) >= 11 is 3.98. The Morgan fingerprint density at radius 2 is 1.88 bits per heavy atom. The van der Waals surface area contributed by atoms with Crippen LogP contribution in [-0.4, -0.2) is 81.4 Å². The molecular weight excluding hydrogens is 364 g/mol. The molecule has 0 spiro atoms. The number of carbonyl (C=O) groups excluding carboxylic acids is 3. The zero-order valence-corrected chi connectivity index (χ0v) is 15.6. The maximum atomic E-state index is 12.5. The maximum absolute atomic E-state index is 12.5. The highest BCUT2D eigenvalue weighted by Gasteiger charge is 2.38. The van der Waals surface area contributed by atoms with E-state index in [-0.39, 0.29) is 5.75 Å². The third kappa shape index (κ3) is 5.58. The smallest absolute Gasteiger partial charge is 0.325 e. The summed E-state index contributed by atoms with van der Waals surface area (Å²) in [5, 5.41) is 23.2. The van der Waals surface area contributed by atoms with Crippen LogP contribution < -0.4 is 16.4 Å². The SMILES string of the molecule is CC(NC(=O)C(NC(=O)C1CCCN1C(=O)C(N)CS)C(C)O)C(=O)O. The number of thiol groups is 1. The molecule has 1 aliphatic heterocycles. The standard InChI is InChI=1S/C15H26N4O6S/c1-7(15(24)25)17-13(22)11(8(2)20)18-12(21)10-4-3-5-19(10)14(23)9(16)6-26/h7-11,20,26H,3-6,16H2,1-2H3,(H,17,22)(H,18,21)(H,24,25). The van der Waals surface area contributed by atoms with E-state index in [4.69, 9.17) is 10.8 Å². The van der Waals surface area contributed by atoms with Crippen molar-refractivity contribution in [3.63, 3.8) is 0 Å². The van der Waals surface area contributed by atoms with Gasteiger partial charge in [-0.1, -0.05) is 0 Å². The number of nitrogens with one attached hydrogen (secondary N) is 2. The predicted octanol–water partition coefficient (Wildman–Crippen LogP) is -2.31. The van der Waals surface area contributed by atoms with E-state index in [1.54, 1.807) is 0 Å². The molecule has 0 aliphatic carbocycles. The summed E-state index contributed by atoms with van der Waals surface area (Å²) in [5.74, 6) is -2.95. The average molecular weight is 390 g/mol. The second-order valence-corrected chi connectivity index (χ2v) is 6.64. The fraction of sp³-hybridized carbons (Fsp3) is 0.733. The van der Waals surface area contributed by atoms with Crippen molar-refractivity contribution in [3.8, 4) is 0 Å². The number of carboxylic acids is 1. The number of nitrogens with two attached hydrogens (primary N) is 1. The van der Waals surface area contributed by atoms with Crippen molar-refractivity contribution in [3.05, 3.63) is 0 Å². The molecule has 1 saturated heterocycles. The summed E-state index contributed by atoms with van der Waals surface area (Å²) < 4.78 is 0. The number of carboxylic acid groups (broad SMARTS) is 1. The lowest BCUT2D eigenvalue weighted by molar-refractivity contribution is -0.143. The van der Waals surface area contributed by atoms with Gasteiger partial charge in [-0.15, -0.1) is 0 Å². The molecule has 0 aromatic rings. The molecular formula is C15H26N4O6S. The van der Waals surface area contributed by atoms with E-state index in [9.17, 15) is 24.3 Å². The Labute approximate surface area is 156 Å². The molecule has 5 unspecified atom stereocenters. The first-order chi connectivity index (χ1) is 12.1. The number of carbonyl (C=O) groups is 4. The van der Waals surface area contributed by atoms with Gasteiger partial charge in [-0.3, -0.25) is 19.2 Å². The quantitative estimate of drug-likeness (QED) is 0.254. The fourth-order valence-corrected chi connectivity index (χ4v) is 2.77. The Bertz CT molecular complexity index is 558. The van der Waals surface area contributed by atoms with Crippen molar-refractivity contribution in [2.24, 2.45) is 5.73 Å². The molecule has 6 N–H and O–H groups in total. The maximum Gasteiger partial charge on any atom is 0.325 e. The van der Waals surface area contributed by atoms with Gasteiger partial charge in [-0.2, -0.15) is 12.6 Å². The van der Waals surface area contributed by atoms with Gasteiger partial charge in [0, 0.05) is 12.3 Å². The van der Waals surface area contributed by atoms with Crippen LogP contribution in [0.2, 0.25) is 0 Å². The second kappa shape index (κ2) is 9.74. The first-order valence-corrected chi connectivity index (χ1v) is 8.91. The van der Waals surface area contributed by atoms with Crippen LogP contribution in [0.1, 0.15) is 26.7 Å². The van der Waals surface area contributed by atoms with Gasteiger partial charge in [-0.05, 0) is 26.7 Å². The lowest BCUT2D eigenvalue weighted by Crippen LogP contribution is -2.59. The minimum absolute atomic E-state index is 0.134. The highest BCUT2D eigenvalue weighted by Crippen LogP contribution is 2.19. The molecule has 1 fully saturated rings. The summed E-state index contributed by atoms with van der Waals surface area (Å²) in [6, 6.07) is -4.17. The molecule has 1 aliphatic rings. The van der Waals surface area contributed by atoms with Crippen LogP contribution in [0.25, 0.3) is 0 Å². The van der Waals surface area contributed by atoms with Crippen LogP contribution in [0.3, 0.4) is 0 Å². The normalized spacial score (nSPS) is 21.4. The van der Waals surface area contributed by atoms with Gasteiger partial charge in [0.1, 0.15) is 18.1 Å². The van der Waals surface area contributed by atoms with Gasteiger partial charge in [0.2, 0.25) is 17.7 Å². The Kier molecular flexibility index (Phi) is 8.31. The number of aliphatic carboxylic acids is 1. The fourth-order valence-electron chi connectivity index (χ4n) is 2.61. The Morgan fingerprint density at radius 3 is 2.38 bits per heavy atom. The van der Waals surface area contributed by atoms with E-state index in [1.165, 1.54) is 18.7 Å². The molecule has 148 valence electrons. The van der Waals surface area contributed by atoms with E-state index in [0.717, 1.165) is 0 Å². The van der Waals surface area contributed by atoms with Gasteiger partial charge in [-0.25, -0.2) is 0 Å². The van der Waals surface area contributed by atoms with E-state index in [0.29, 0.717) is 19.4 Å². The highest BCUT2D eigenvalue weighted by molar-refractivity contribution is 7.80. The first-order valence-electron chi connectivity index (χ1n) is 8.28. The van der Waals surface area contributed by atoms with Crippen molar-refractivity contribution in [1.82, 2.24) is 15.5 Å². The lowest BCUT2D eigenvalue weighted by atomic mass is 10.1. The Balaban J connectivity index is 2.82. The molecule has 3 amide bonds. The number of aliphatic hydroxyl groups is 1. The van der Waals surface area contributed by atoms with E-state index in [2.05, 4.69) is 23.3 Å². The van der Waals surface area contributed by atoms with E-state index >= 15 is 0 Å². The molecule has 0 aromatic heterocycles. The minimum atomic E-state index is -1.35. The summed E-state index contributed by atoms with van der Waals surface area (Å²) in [6.07, 6.45) is -0.258. The summed E-state index contributed by atoms with van der Waals surface area (Å²) in [7, 11) is 0. The second-order valence-electron chi connectivity index (χ2n) is 6.27. The number of aliphatic hydroxyl groups excluding tert-OH is 1. The topological polar surface area (TPSA) is 162 Å². The third-order valence-electron chi connectivity index (χ3n) is 4.14. The Morgan fingerprint density at radius 1 is 1.27 bits per heavy atom. The summed E-state index contributed by atoms with van der Waals surface area (Å²) in [4.78, 5) is 49.1. The molecule has 0 bridgehead atoms. The molecule has 11 heteroatoms. The van der Waals surface area contributed by atoms with Crippen molar-refractivity contribution < 1.29 is 29.4 Å². The van der Waals surface area contributed by atoms with Crippen molar-refractivity contribution in [2.45, 2.75) is 57.0 Å². The van der Waals surface area contributed by atoms with Crippen molar-refractivity contribution in [1.29, 1.82) is 0 Å². The molecule has 1 heterocycles. The summed E-state index contributed by atoms with van der Waals surface area (Å²) in [5.41, 5.74) is 5.68. The number of rotatable bonds is 8. The monoisotopic (exact) mass is 390 g/mol. The van der Waals surface area contributed by atoms with Crippen LogP contribution >= 0.6 is 12.6 Å². The van der Waals surface area contributed by atoms with Gasteiger partial charge in [0.25, 0.3) is 0 Å². The highest BCUT2D eigenvalue weighted by atomic mass is 32.1. The van der Waals surface area contributed by atoms with Crippen molar-refractivity contribution >= 4 is 36.3 Å². The number of hydrogen-bond acceptors (Lipinski definition) is 7. The van der Waals surface area contributed by atoms with Crippen LogP contribution in [0.4, 0.5) is 0 Å². The van der Waals surface area contributed by atoms with Gasteiger partial charge >= 0.3 is 5.97 Å². The number of hydrogen-bond donors (Lipinski definition) is 6. The average Bonchev–Trinajstić information content (AvgIpc) is 3.06. The first kappa shape index (κ1) is 22.2. The number of likely N-dealkylation sites (tertiary alicyclic amines) is 1. The van der Waals surface area contributed by atoms with Gasteiger partial charge < -0.3 is 31.5 Å². The molecule has 0 aromatic carbocycles. The lowest BCUT2D eigenvalue weighted by Gasteiger charge is -2.29. The van der Waals surface area contributed by atoms with Crippen molar-refractivity contribution in [2.75, 3.05) is 12.3 Å². The summed E-state index contributed by atoms with van der Waals surface area (Å²) in [6.45, 7) is 2.92. The molecule has 0 saturated carbocycles.